The summed E-state index contributed by atoms with van der Waals surface area (Å²) in [7, 11) is -3.11. The van der Waals surface area contributed by atoms with E-state index in [1.165, 1.54) is 11.3 Å². The Hall–Kier alpha value is -1.44. The summed E-state index contributed by atoms with van der Waals surface area (Å²) in [6.07, 6.45) is 1.72. The molecule has 0 radical (unpaired) electrons. The summed E-state index contributed by atoms with van der Waals surface area (Å²) in [6, 6.07) is 7.47. The second-order valence-corrected chi connectivity index (χ2v) is 8.69. The molecule has 124 valence electrons. The minimum Gasteiger partial charge on any atom is -0.356 e. The molecule has 1 amide bonds. The van der Waals surface area contributed by atoms with Gasteiger partial charge in [-0.15, -0.1) is 11.3 Å². The summed E-state index contributed by atoms with van der Waals surface area (Å²) >= 11 is 7.40. The number of benzene rings is 1. The Kier molecular flexibility index (Phi) is 6.15. The Bertz CT molecular complexity index is 770. The zero-order valence-corrected chi connectivity index (χ0v) is 15.0. The molecule has 1 heterocycles. The van der Waals surface area contributed by atoms with Crippen molar-refractivity contribution in [2.45, 2.75) is 12.8 Å². The van der Waals surface area contributed by atoms with Crippen LogP contribution in [-0.2, 0) is 21.1 Å². The van der Waals surface area contributed by atoms with Gasteiger partial charge in [-0.1, -0.05) is 23.7 Å². The predicted molar refractivity (Wildman–Crippen MR) is 93.6 cm³/mol. The highest BCUT2D eigenvalue weighted by molar-refractivity contribution is 7.90. The maximum absolute atomic E-state index is 11.5. The van der Waals surface area contributed by atoms with Gasteiger partial charge in [0.25, 0.3) is 0 Å². The van der Waals surface area contributed by atoms with Crippen LogP contribution in [0.5, 0.6) is 0 Å². The van der Waals surface area contributed by atoms with Crippen LogP contribution in [0.25, 0.3) is 10.6 Å². The monoisotopic (exact) mass is 372 g/mol. The van der Waals surface area contributed by atoms with Gasteiger partial charge in [0.05, 0.1) is 11.4 Å². The third kappa shape index (κ3) is 6.29. The number of halogens is 1. The van der Waals surface area contributed by atoms with Gasteiger partial charge in [-0.3, -0.25) is 4.79 Å². The number of hydrogen-bond donors (Lipinski definition) is 1. The van der Waals surface area contributed by atoms with E-state index in [1.807, 2.05) is 29.6 Å². The molecule has 1 aromatic heterocycles. The van der Waals surface area contributed by atoms with Crippen LogP contribution in [0, 0.1) is 0 Å². The van der Waals surface area contributed by atoms with Crippen LogP contribution in [0.15, 0.2) is 29.6 Å². The van der Waals surface area contributed by atoms with Crippen molar-refractivity contribution < 1.29 is 13.2 Å². The zero-order valence-electron chi connectivity index (χ0n) is 12.6. The van der Waals surface area contributed by atoms with Crippen molar-refractivity contribution in [1.29, 1.82) is 0 Å². The summed E-state index contributed by atoms with van der Waals surface area (Å²) in [5.74, 6) is -0.389. The van der Waals surface area contributed by atoms with Crippen LogP contribution >= 0.6 is 22.9 Å². The lowest BCUT2D eigenvalue weighted by Gasteiger charge is -2.03. The van der Waals surface area contributed by atoms with Gasteiger partial charge >= 0.3 is 0 Å². The van der Waals surface area contributed by atoms with Crippen LogP contribution in [0.4, 0.5) is 0 Å². The highest BCUT2D eigenvalue weighted by atomic mass is 35.5. The Morgan fingerprint density at radius 2 is 2.00 bits per heavy atom. The number of nitrogens with one attached hydrogen (secondary N) is 1. The van der Waals surface area contributed by atoms with Gasteiger partial charge in [-0.05, 0) is 12.1 Å². The van der Waals surface area contributed by atoms with E-state index < -0.39 is 9.84 Å². The normalized spacial score (nSPS) is 11.4. The predicted octanol–water partition coefficient (Wildman–Crippen LogP) is 2.56. The lowest BCUT2D eigenvalue weighted by Crippen LogP contribution is -2.27. The van der Waals surface area contributed by atoms with Crippen LogP contribution in [0.1, 0.15) is 12.1 Å². The molecule has 8 heteroatoms. The molecule has 0 aliphatic carbocycles. The Morgan fingerprint density at radius 1 is 1.30 bits per heavy atom. The van der Waals surface area contributed by atoms with Crippen LogP contribution in [-0.4, -0.2) is 37.9 Å². The van der Waals surface area contributed by atoms with Gasteiger partial charge < -0.3 is 5.32 Å². The summed E-state index contributed by atoms with van der Waals surface area (Å²) in [5.41, 5.74) is 1.89. The van der Waals surface area contributed by atoms with Crippen molar-refractivity contribution in [2.75, 3.05) is 18.6 Å². The summed E-state index contributed by atoms with van der Waals surface area (Å²) in [5, 5.41) is 6.24. The Morgan fingerprint density at radius 3 is 2.65 bits per heavy atom. The first-order valence-electron chi connectivity index (χ1n) is 6.98. The number of hydrogen-bond acceptors (Lipinski definition) is 5. The van der Waals surface area contributed by atoms with Crippen LogP contribution in [0.2, 0.25) is 5.02 Å². The molecule has 0 saturated carbocycles. The van der Waals surface area contributed by atoms with Gasteiger partial charge in [-0.25, -0.2) is 13.4 Å². The first-order chi connectivity index (χ1) is 10.8. The quantitative estimate of drug-likeness (QED) is 0.810. The van der Waals surface area contributed by atoms with Gasteiger partial charge in [-0.2, -0.15) is 0 Å². The van der Waals surface area contributed by atoms with E-state index in [1.54, 1.807) is 0 Å². The SMILES string of the molecule is CS(=O)(=O)CCC(=O)NCCc1csc(-c2ccc(Cl)cc2)n1. The van der Waals surface area contributed by atoms with E-state index in [4.69, 9.17) is 11.6 Å². The van der Waals surface area contributed by atoms with Crippen molar-refractivity contribution >= 4 is 38.7 Å². The Labute approximate surface area is 144 Å². The number of carbonyl (C=O) groups excluding carboxylic acids is 1. The van der Waals surface area contributed by atoms with Crippen molar-refractivity contribution in [2.24, 2.45) is 0 Å². The molecule has 1 N–H and O–H groups in total. The van der Waals surface area contributed by atoms with Gasteiger partial charge in [0, 0.05) is 41.6 Å². The van der Waals surface area contributed by atoms with Gasteiger partial charge in [0.1, 0.15) is 14.8 Å². The Balaban J connectivity index is 1.81. The number of amides is 1. The zero-order chi connectivity index (χ0) is 16.9. The first-order valence-corrected chi connectivity index (χ1v) is 10.3. The van der Waals surface area contributed by atoms with Crippen molar-refractivity contribution in [1.82, 2.24) is 10.3 Å². The van der Waals surface area contributed by atoms with E-state index in [0.717, 1.165) is 22.5 Å². The average molecular weight is 373 g/mol. The smallest absolute Gasteiger partial charge is 0.221 e. The van der Waals surface area contributed by atoms with Gasteiger partial charge in [0.15, 0.2) is 0 Å². The highest BCUT2D eigenvalue weighted by Gasteiger charge is 2.08. The topological polar surface area (TPSA) is 76.1 Å². The highest BCUT2D eigenvalue weighted by Crippen LogP contribution is 2.25. The van der Waals surface area contributed by atoms with E-state index in [9.17, 15) is 13.2 Å². The van der Waals surface area contributed by atoms with Crippen molar-refractivity contribution in [3.8, 4) is 10.6 Å². The maximum atomic E-state index is 11.5. The molecule has 1 aromatic carbocycles. The standard InChI is InChI=1S/C15H17ClN2O3S2/c1-23(20,21)9-7-14(19)17-8-6-13-10-22-15(18-13)11-2-4-12(16)5-3-11/h2-5,10H,6-9H2,1H3,(H,17,19). The van der Waals surface area contributed by atoms with E-state index in [2.05, 4.69) is 10.3 Å². The number of aromatic nitrogens is 1. The molecule has 23 heavy (non-hydrogen) atoms. The van der Waals surface area contributed by atoms with Gasteiger partial charge in [0.2, 0.25) is 5.91 Å². The lowest BCUT2D eigenvalue weighted by atomic mass is 10.2. The first kappa shape index (κ1) is 17.9. The summed E-state index contributed by atoms with van der Waals surface area (Å²) in [6.45, 7) is 0.437. The van der Waals surface area contributed by atoms with Crippen molar-refractivity contribution in [3.63, 3.8) is 0 Å². The second-order valence-electron chi connectivity index (χ2n) is 5.13. The average Bonchev–Trinajstić information content (AvgIpc) is 2.94. The molecule has 2 aromatic rings. The fourth-order valence-corrected chi connectivity index (χ4v) is 3.39. The summed E-state index contributed by atoms with van der Waals surface area (Å²) in [4.78, 5) is 16.1. The molecule has 2 rings (SSSR count). The fourth-order valence-electron chi connectivity index (χ4n) is 1.84. The fraction of sp³-hybridized carbons (Fsp3) is 0.333. The molecule has 0 saturated heterocycles. The van der Waals surface area contributed by atoms with Crippen LogP contribution < -0.4 is 5.32 Å². The van der Waals surface area contributed by atoms with Crippen LogP contribution in [0.3, 0.4) is 0 Å². The van der Waals surface area contributed by atoms with E-state index >= 15 is 0 Å². The molecule has 0 fully saturated rings. The maximum Gasteiger partial charge on any atom is 0.221 e. The minimum absolute atomic E-state index is 0.00801. The number of sulfone groups is 1. The van der Waals surface area contributed by atoms with E-state index in [0.29, 0.717) is 18.0 Å². The van der Waals surface area contributed by atoms with Crippen molar-refractivity contribution in [3.05, 3.63) is 40.4 Å². The molecule has 5 nitrogen and oxygen atoms in total. The molecule has 0 unspecified atom stereocenters. The summed E-state index contributed by atoms with van der Waals surface area (Å²) < 4.78 is 22.0. The molecule has 0 bridgehead atoms. The number of rotatable bonds is 7. The van der Waals surface area contributed by atoms with E-state index in [-0.39, 0.29) is 18.1 Å². The molecule has 0 aliphatic heterocycles. The number of thiazole rings is 1. The molecular weight excluding hydrogens is 356 g/mol. The number of nitrogens with zero attached hydrogens (tertiary/aromatic N) is 1. The third-order valence-corrected chi connectivity index (χ3v) is 5.18. The molecular formula is C15H17ClN2O3S2. The minimum atomic E-state index is -3.11. The molecule has 0 aliphatic rings. The third-order valence-electron chi connectivity index (χ3n) is 3.05. The molecule has 0 atom stereocenters. The largest absolute Gasteiger partial charge is 0.356 e. The second kappa shape index (κ2) is 7.90. The number of carbonyl (C=O) groups is 1. The lowest BCUT2D eigenvalue weighted by molar-refractivity contribution is -0.120. The molecule has 0 spiro atoms.